The predicted octanol–water partition coefficient (Wildman–Crippen LogP) is 2.13. The fourth-order valence-electron chi connectivity index (χ4n) is 4.08. The molecule has 4 rings (SSSR count). The molecule has 0 aliphatic carbocycles. The maximum absolute atomic E-state index is 14.3. The zero-order chi connectivity index (χ0) is 19.3. The number of nitriles is 1. The lowest BCUT2D eigenvalue weighted by molar-refractivity contribution is 0.0290. The van der Waals surface area contributed by atoms with Gasteiger partial charge < -0.3 is 20.7 Å². The van der Waals surface area contributed by atoms with Gasteiger partial charge in [-0.1, -0.05) is 24.3 Å². The van der Waals surface area contributed by atoms with E-state index in [9.17, 15) is 4.39 Å². The van der Waals surface area contributed by atoms with E-state index in [-0.39, 0.29) is 17.7 Å². The molecule has 146 valence electrons. The fourth-order valence-corrected chi connectivity index (χ4v) is 4.08. The molecule has 2 aromatic rings. The van der Waals surface area contributed by atoms with Crippen molar-refractivity contribution < 1.29 is 9.13 Å². The Balaban J connectivity index is 1.75. The molecule has 5 nitrogen and oxygen atoms in total. The van der Waals surface area contributed by atoms with Crippen LogP contribution in [0, 0.1) is 17.1 Å². The van der Waals surface area contributed by atoms with Crippen molar-refractivity contribution in [3.8, 4) is 17.2 Å². The number of halogens is 1. The Labute approximate surface area is 164 Å². The van der Waals surface area contributed by atoms with Gasteiger partial charge in [0.15, 0.2) is 0 Å². The van der Waals surface area contributed by atoms with Crippen LogP contribution in [0.4, 0.5) is 4.39 Å². The predicted molar refractivity (Wildman–Crippen MR) is 106 cm³/mol. The van der Waals surface area contributed by atoms with Crippen LogP contribution >= 0.6 is 0 Å². The van der Waals surface area contributed by atoms with Crippen LogP contribution in [0.5, 0.6) is 0 Å². The van der Waals surface area contributed by atoms with Crippen LogP contribution in [-0.4, -0.2) is 45.4 Å². The maximum atomic E-state index is 14.3. The number of nitrogens with zero attached hydrogens (tertiary/aromatic N) is 1. The molecule has 2 atom stereocenters. The van der Waals surface area contributed by atoms with E-state index in [0.717, 1.165) is 56.9 Å². The lowest BCUT2D eigenvalue weighted by Crippen LogP contribution is -2.44. The molecule has 2 aliphatic heterocycles. The molecule has 2 aliphatic rings. The smallest absolute Gasteiger partial charge is 0.141 e. The van der Waals surface area contributed by atoms with E-state index >= 15 is 0 Å². The fraction of sp³-hybridized carbons (Fsp3) is 0.409. The van der Waals surface area contributed by atoms with E-state index in [0.29, 0.717) is 0 Å². The monoisotopic (exact) mass is 380 g/mol. The first kappa shape index (κ1) is 19.0. The number of morpholine rings is 1. The molecule has 0 saturated carbocycles. The van der Waals surface area contributed by atoms with Gasteiger partial charge in [0.1, 0.15) is 11.9 Å². The van der Waals surface area contributed by atoms with Crippen LogP contribution in [0.25, 0.3) is 11.1 Å². The molecule has 28 heavy (non-hydrogen) atoms. The molecule has 2 fully saturated rings. The Kier molecular flexibility index (Phi) is 5.98. The Morgan fingerprint density at radius 3 is 2.71 bits per heavy atom. The quantitative estimate of drug-likeness (QED) is 0.758. The molecule has 6 heteroatoms. The molecule has 0 aromatic heterocycles. The lowest BCUT2D eigenvalue weighted by atomic mass is 9.87. The summed E-state index contributed by atoms with van der Waals surface area (Å²) in [5.41, 5.74) is 4.28. The van der Waals surface area contributed by atoms with E-state index in [1.54, 1.807) is 6.07 Å². The average molecular weight is 380 g/mol. The molecule has 2 heterocycles. The minimum atomic E-state index is -0.481. The van der Waals surface area contributed by atoms with Crippen LogP contribution in [0.2, 0.25) is 0 Å². The van der Waals surface area contributed by atoms with Crippen molar-refractivity contribution >= 4 is 0 Å². The largest absolute Gasteiger partial charge is 0.375 e. The number of piperazine rings is 1. The number of nitrogens with one attached hydrogen (secondary N) is 3. The third-order valence-electron chi connectivity index (χ3n) is 5.44. The second-order valence-corrected chi connectivity index (χ2v) is 7.30. The molecular weight excluding hydrogens is 355 g/mol. The minimum absolute atomic E-state index is 0.0700. The summed E-state index contributed by atoms with van der Waals surface area (Å²) in [7, 11) is 0. The second kappa shape index (κ2) is 8.80. The summed E-state index contributed by atoms with van der Waals surface area (Å²) < 4.78 is 20.2. The maximum Gasteiger partial charge on any atom is 0.141 e. The van der Waals surface area contributed by atoms with Crippen LogP contribution in [0.15, 0.2) is 36.4 Å². The normalized spacial score (nSPS) is 22.6. The van der Waals surface area contributed by atoms with Gasteiger partial charge in [-0.2, -0.15) is 5.26 Å². The van der Waals surface area contributed by atoms with Gasteiger partial charge in [0, 0.05) is 45.2 Å². The van der Waals surface area contributed by atoms with Gasteiger partial charge in [-0.15, -0.1) is 0 Å². The van der Waals surface area contributed by atoms with Gasteiger partial charge in [0.05, 0.1) is 18.3 Å². The SMILES string of the molecule is N#Cc1ccc(-c2cccc(CC3CNCCO3)c2C2CNCCN2)cc1F. The molecule has 2 unspecified atom stereocenters. The molecule has 3 N–H and O–H groups in total. The van der Waals surface area contributed by atoms with Crippen molar-refractivity contribution in [2.24, 2.45) is 0 Å². The summed E-state index contributed by atoms with van der Waals surface area (Å²) in [5.74, 6) is -0.481. The van der Waals surface area contributed by atoms with Gasteiger partial charge in [-0.05, 0) is 34.4 Å². The van der Waals surface area contributed by atoms with Gasteiger partial charge in [-0.25, -0.2) is 4.39 Å². The molecule has 2 aromatic carbocycles. The first-order valence-electron chi connectivity index (χ1n) is 9.84. The van der Waals surface area contributed by atoms with Crippen molar-refractivity contribution in [3.05, 3.63) is 58.9 Å². The Morgan fingerprint density at radius 1 is 1.11 bits per heavy atom. The van der Waals surface area contributed by atoms with Gasteiger partial charge >= 0.3 is 0 Å². The van der Waals surface area contributed by atoms with Crippen molar-refractivity contribution in [3.63, 3.8) is 0 Å². The van der Waals surface area contributed by atoms with E-state index in [2.05, 4.69) is 22.0 Å². The standard InChI is InChI=1S/C22H25FN4O/c23-20-11-15(4-5-17(20)12-24)19-3-1-2-16(10-18-13-26-8-9-28-18)22(19)21-14-25-6-7-27-21/h1-5,11,18,21,25-27H,6-10,13-14H2. The van der Waals surface area contributed by atoms with Crippen LogP contribution in [0.3, 0.4) is 0 Å². The summed E-state index contributed by atoms with van der Waals surface area (Å²) in [6.45, 7) is 5.11. The summed E-state index contributed by atoms with van der Waals surface area (Å²) in [6, 6.07) is 13.1. The van der Waals surface area contributed by atoms with Crippen molar-refractivity contribution in [1.29, 1.82) is 5.26 Å². The highest BCUT2D eigenvalue weighted by molar-refractivity contribution is 5.70. The third kappa shape index (κ3) is 4.08. The van der Waals surface area contributed by atoms with Crippen molar-refractivity contribution in [1.82, 2.24) is 16.0 Å². The van der Waals surface area contributed by atoms with Gasteiger partial charge in [-0.3, -0.25) is 0 Å². The lowest BCUT2D eigenvalue weighted by Gasteiger charge is -2.31. The first-order chi connectivity index (χ1) is 13.8. The van der Waals surface area contributed by atoms with E-state index < -0.39 is 5.82 Å². The molecular formula is C22H25FN4O. The molecule has 2 saturated heterocycles. The van der Waals surface area contributed by atoms with Crippen molar-refractivity contribution in [2.45, 2.75) is 18.6 Å². The zero-order valence-corrected chi connectivity index (χ0v) is 15.8. The van der Waals surface area contributed by atoms with E-state index in [1.165, 1.54) is 17.2 Å². The van der Waals surface area contributed by atoms with Gasteiger partial charge in [0.2, 0.25) is 0 Å². The summed E-state index contributed by atoms with van der Waals surface area (Å²) in [6.07, 6.45) is 0.949. The Morgan fingerprint density at radius 2 is 2.00 bits per heavy atom. The van der Waals surface area contributed by atoms with E-state index in [4.69, 9.17) is 10.00 Å². The van der Waals surface area contributed by atoms with Crippen LogP contribution in [-0.2, 0) is 11.2 Å². The van der Waals surface area contributed by atoms with Gasteiger partial charge in [0.25, 0.3) is 0 Å². The topological polar surface area (TPSA) is 69.1 Å². The summed E-state index contributed by atoms with van der Waals surface area (Å²) >= 11 is 0. The third-order valence-corrected chi connectivity index (χ3v) is 5.44. The summed E-state index contributed by atoms with van der Waals surface area (Å²) in [5, 5.41) is 19.5. The molecule has 0 radical (unpaired) electrons. The number of benzene rings is 2. The highest BCUT2D eigenvalue weighted by atomic mass is 19.1. The number of hydrogen-bond acceptors (Lipinski definition) is 5. The van der Waals surface area contributed by atoms with Crippen LogP contribution in [0.1, 0.15) is 22.7 Å². The van der Waals surface area contributed by atoms with E-state index in [1.807, 2.05) is 24.3 Å². The highest BCUT2D eigenvalue weighted by Crippen LogP contribution is 2.33. The van der Waals surface area contributed by atoms with Crippen molar-refractivity contribution in [2.75, 3.05) is 39.3 Å². The second-order valence-electron chi connectivity index (χ2n) is 7.30. The number of ether oxygens (including phenoxy) is 1. The van der Waals surface area contributed by atoms with Crippen LogP contribution < -0.4 is 16.0 Å². The number of hydrogen-bond donors (Lipinski definition) is 3. The first-order valence-corrected chi connectivity index (χ1v) is 9.84. The zero-order valence-electron chi connectivity index (χ0n) is 15.8. The Hall–Kier alpha value is -2.30. The number of rotatable bonds is 4. The minimum Gasteiger partial charge on any atom is -0.375 e. The Bertz CT molecular complexity index is 867. The molecule has 0 spiro atoms. The highest BCUT2D eigenvalue weighted by Gasteiger charge is 2.24. The average Bonchev–Trinajstić information content (AvgIpc) is 2.75. The molecule has 0 amide bonds. The summed E-state index contributed by atoms with van der Waals surface area (Å²) in [4.78, 5) is 0. The molecule has 0 bridgehead atoms.